The number of hydrogen-bond donors (Lipinski definition) is 2. The molecule has 0 amide bonds. The first kappa shape index (κ1) is 16.6. The minimum atomic E-state index is 0.0434. The Hall–Kier alpha value is -1.88. The first-order chi connectivity index (χ1) is 12.2. The summed E-state index contributed by atoms with van der Waals surface area (Å²) in [4.78, 5) is 0. The van der Waals surface area contributed by atoms with Crippen LogP contribution >= 0.6 is 0 Å². The van der Waals surface area contributed by atoms with Crippen molar-refractivity contribution in [2.45, 2.75) is 25.8 Å². The van der Waals surface area contributed by atoms with Gasteiger partial charge in [-0.05, 0) is 42.7 Å². The van der Waals surface area contributed by atoms with Crippen LogP contribution in [0.3, 0.4) is 0 Å². The highest BCUT2D eigenvalue weighted by atomic mass is 16.5. The number of nitrogens with one attached hydrogen (secondary N) is 1. The lowest BCUT2D eigenvalue weighted by Gasteiger charge is -2.28. The number of fused-ring (bicyclic) bond motifs is 3. The fourth-order valence-electron chi connectivity index (χ4n) is 3.81. The van der Waals surface area contributed by atoms with Gasteiger partial charge in [0.2, 0.25) is 0 Å². The molecule has 1 aromatic heterocycles. The Balaban J connectivity index is 1.55. The van der Waals surface area contributed by atoms with Crippen molar-refractivity contribution < 1.29 is 14.3 Å². The molecule has 0 aliphatic carbocycles. The van der Waals surface area contributed by atoms with E-state index in [1.165, 1.54) is 10.8 Å². The second-order valence-electron chi connectivity index (χ2n) is 7.23. The lowest BCUT2D eigenvalue weighted by atomic mass is 9.83. The molecule has 132 valence electrons. The molecule has 2 N–H and O–H groups in total. The van der Waals surface area contributed by atoms with Gasteiger partial charge in [0.05, 0.1) is 12.6 Å². The lowest BCUT2D eigenvalue weighted by molar-refractivity contribution is 0.122. The van der Waals surface area contributed by atoms with E-state index in [0.29, 0.717) is 0 Å². The van der Waals surface area contributed by atoms with Crippen molar-refractivity contribution in [1.82, 2.24) is 5.32 Å². The van der Waals surface area contributed by atoms with Gasteiger partial charge in [-0.2, -0.15) is 0 Å². The van der Waals surface area contributed by atoms with E-state index in [1.807, 2.05) is 6.07 Å². The topological polar surface area (TPSA) is 54.6 Å². The van der Waals surface area contributed by atoms with Gasteiger partial charge in [0, 0.05) is 30.6 Å². The van der Waals surface area contributed by atoms with Crippen molar-refractivity contribution >= 4 is 21.7 Å². The zero-order valence-electron chi connectivity index (χ0n) is 14.6. The van der Waals surface area contributed by atoms with Crippen LogP contribution in [-0.2, 0) is 4.74 Å². The summed E-state index contributed by atoms with van der Waals surface area (Å²) in [7, 11) is 0. The summed E-state index contributed by atoms with van der Waals surface area (Å²) in [6, 6.07) is 14.8. The Morgan fingerprint density at radius 1 is 1.20 bits per heavy atom. The van der Waals surface area contributed by atoms with Crippen LogP contribution in [0.4, 0.5) is 0 Å². The van der Waals surface area contributed by atoms with Gasteiger partial charge in [-0.25, -0.2) is 0 Å². The monoisotopic (exact) mass is 339 g/mol. The first-order valence-electron chi connectivity index (χ1n) is 9.04. The molecule has 0 saturated carbocycles. The van der Waals surface area contributed by atoms with E-state index in [9.17, 15) is 5.11 Å². The predicted octanol–water partition coefficient (Wildman–Crippen LogP) is 4.03. The fraction of sp³-hybridized carbons (Fsp3) is 0.429. The molecule has 1 fully saturated rings. The number of rotatable bonds is 6. The van der Waals surface area contributed by atoms with Crippen LogP contribution in [0.15, 0.2) is 46.9 Å². The minimum Gasteiger partial charge on any atom is -0.459 e. The molecule has 3 aromatic rings. The Kier molecular flexibility index (Phi) is 4.50. The maximum absolute atomic E-state index is 9.37. The summed E-state index contributed by atoms with van der Waals surface area (Å²) >= 11 is 0. The van der Waals surface area contributed by atoms with Gasteiger partial charge in [0.15, 0.2) is 0 Å². The van der Waals surface area contributed by atoms with Gasteiger partial charge in [0.1, 0.15) is 11.3 Å². The molecule has 2 aromatic carbocycles. The van der Waals surface area contributed by atoms with Crippen LogP contribution in [0, 0.1) is 5.41 Å². The molecule has 4 nitrogen and oxygen atoms in total. The van der Waals surface area contributed by atoms with E-state index in [4.69, 9.17) is 9.15 Å². The minimum absolute atomic E-state index is 0.0434. The SMILES string of the molecule is C[C@@H](NC[C@]1(CCO)CCOC1)c1cc2c(ccc3ccccc32)o1. The molecule has 0 radical (unpaired) electrons. The van der Waals surface area contributed by atoms with Crippen molar-refractivity contribution in [3.63, 3.8) is 0 Å². The standard InChI is InChI=1S/C21H25NO3/c1-15(22-13-21(8-10-23)9-11-24-14-21)20-12-18-17-5-3-2-4-16(17)6-7-19(18)25-20/h2-7,12,15,22-23H,8-11,13-14H2,1H3/t15-,21+/m1/s1. The highest BCUT2D eigenvalue weighted by molar-refractivity contribution is 6.05. The molecule has 4 heteroatoms. The normalized spacial score (nSPS) is 22.0. The highest BCUT2D eigenvalue weighted by Gasteiger charge is 2.34. The van der Waals surface area contributed by atoms with Crippen LogP contribution in [-0.4, -0.2) is 31.5 Å². The summed E-state index contributed by atoms with van der Waals surface area (Å²) in [5.74, 6) is 0.949. The van der Waals surface area contributed by atoms with Crippen molar-refractivity contribution in [3.8, 4) is 0 Å². The third kappa shape index (κ3) is 3.17. The van der Waals surface area contributed by atoms with E-state index >= 15 is 0 Å². The van der Waals surface area contributed by atoms with Crippen LogP contribution in [0.1, 0.15) is 31.6 Å². The van der Waals surface area contributed by atoms with Crippen LogP contribution < -0.4 is 5.32 Å². The third-order valence-electron chi connectivity index (χ3n) is 5.48. The van der Waals surface area contributed by atoms with Crippen LogP contribution in [0.25, 0.3) is 21.7 Å². The molecular weight excluding hydrogens is 314 g/mol. The zero-order valence-corrected chi connectivity index (χ0v) is 14.6. The molecule has 1 aliphatic rings. The second-order valence-corrected chi connectivity index (χ2v) is 7.23. The smallest absolute Gasteiger partial charge is 0.135 e. The van der Waals surface area contributed by atoms with Crippen LogP contribution in [0.5, 0.6) is 0 Å². The quantitative estimate of drug-likeness (QED) is 0.712. The van der Waals surface area contributed by atoms with Gasteiger partial charge in [-0.15, -0.1) is 0 Å². The number of furan rings is 1. The number of aliphatic hydroxyl groups is 1. The third-order valence-corrected chi connectivity index (χ3v) is 5.48. The zero-order chi connectivity index (χ0) is 17.3. The lowest BCUT2D eigenvalue weighted by Crippen LogP contribution is -2.36. The summed E-state index contributed by atoms with van der Waals surface area (Å²) in [5.41, 5.74) is 0.971. The Labute approximate surface area is 147 Å². The van der Waals surface area contributed by atoms with Crippen LogP contribution in [0.2, 0.25) is 0 Å². The van der Waals surface area contributed by atoms with Gasteiger partial charge in [-0.3, -0.25) is 0 Å². The molecule has 2 atom stereocenters. The maximum Gasteiger partial charge on any atom is 0.135 e. The Morgan fingerprint density at radius 2 is 2.08 bits per heavy atom. The fourth-order valence-corrected chi connectivity index (χ4v) is 3.81. The molecule has 2 heterocycles. The molecule has 4 rings (SSSR count). The van der Waals surface area contributed by atoms with E-state index in [-0.39, 0.29) is 18.1 Å². The number of hydrogen-bond acceptors (Lipinski definition) is 4. The van der Waals surface area contributed by atoms with Gasteiger partial charge >= 0.3 is 0 Å². The van der Waals surface area contributed by atoms with E-state index in [0.717, 1.165) is 49.3 Å². The van der Waals surface area contributed by atoms with Crippen molar-refractivity contribution in [2.24, 2.45) is 5.41 Å². The van der Waals surface area contributed by atoms with Crippen molar-refractivity contribution in [1.29, 1.82) is 0 Å². The number of ether oxygens (including phenoxy) is 1. The molecule has 25 heavy (non-hydrogen) atoms. The van der Waals surface area contributed by atoms with Gasteiger partial charge in [0.25, 0.3) is 0 Å². The molecule has 0 spiro atoms. The van der Waals surface area contributed by atoms with Gasteiger partial charge in [-0.1, -0.05) is 30.3 Å². The average molecular weight is 339 g/mol. The molecule has 0 unspecified atom stereocenters. The molecule has 1 aliphatic heterocycles. The second kappa shape index (κ2) is 6.79. The molecule has 0 bridgehead atoms. The number of aliphatic hydroxyl groups excluding tert-OH is 1. The summed E-state index contributed by atoms with van der Waals surface area (Å²) in [6.45, 7) is 4.66. The molecule has 1 saturated heterocycles. The van der Waals surface area contributed by atoms with Crippen molar-refractivity contribution in [2.75, 3.05) is 26.4 Å². The van der Waals surface area contributed by atoms with E-state index in [1.54, 1.807) is 0 Å². The maximum atomic E-state index is 9.37. The van der Waals surface area contributed by atoms with E-state index < -0.39 is 0 Å². The number of benzene rings is 2. The first-order valence-corrected chi connectivity index (χ1v) is 9.04. The summed E-state index contributed by atoms with van der Waals surface area (Å²) < 4.78 is 11.7. The Morgan fingerprint density at radius 3 is 2.88 bits per heavy atom. The summed E-state index contributed by atoms with van der Waals surface area (Å²) in [5, 5.41) is 16.6. The predicted molar refractivity (Wildman–Crippen MR) is 99.7 cm³/mol. The average Bonchev–Trinajstić information content (AvgIpc) is 3.27. The summed E-state index contributed by atoms with van der Waals surface area (Å²) in [6.07, 6.45) is 1.77. The van der Waals surface area contributed by atoms with Crippen molar-refractivity contribution in [3.05, 3.63) is 48.2 Å². The Bertz CT molecular complexity index is 864. The molecular formula is C21H25NO3. The largest absolute Gasteiger partial charge is 0.459 e. The van der Waals surface area contributed by atoms with E-state index in [2.05, 4.69) is 48.6 Å². The highest BCUT2D eigenvalue weighted by Crippen LogP contribution is 2.34. The van der Waals surface area contributed by atoms with Gasteiger partial charge < -0.3 is 19.6 Å².